The summed E-state index contributed by atoms with van der Waals surface area (Å²) in [6, 6.07) is 14.8. The maximum atomic E-state index is 12.1. The fraction of sp³-hybridized carbons (Fsp3) is 0.0588. The van der Waals surface area contributed by atoms with Crippen molar-refractivity contribution >= 4 is 33.3 Å². The fourth-order valence-electron chi connectivity index (χ4n) is 2.01. The summed E-state index contributed by atoms with van der Waals surface area (Å²) in [6.07, 6.45) is 3.39. The molecule has 0 atom stereocenters. The van der Waals surface area contributed by atoms with Crippen LogP contribution in [0.2, 0.25) is 0 Å². The van der Waals surface area contributed by atoms with Gasteiger partial charge in [0.05, 0.1) is 0 Å². The Bertz CT molecular complexity index is 824. The number of hydrogen-bond acceptors (Lipinski definition) is 5. The van der Waals surface area contributed by atoms with E-state index in [0.29, 0.717) is 12.4 Å². The van der Waals surface area contributed by atoms with Crippen LogP contribution >= 0.6 is 15.9 Å². The minimum absolute atomic E-state index is 0.263. The Morgan fingerprint density at radius 3 is 2.71 bits per heavy atom. The molecule has 0 spiro atoms. The van der Waals surface area contributed by atoms with E-state index in [-0.39, 0.29) is 11.6 Å². The second kappa shape index (κ2) is 7.65. The number of rotatable bonds is 5. The third-order valence-corrected chi connectivity index (χ3v) is 3.66. The Morgan fingerprint density at radius 2 is 2.00 bits per heavy atom. The number of amides is 1. The van der Waals surface area contributed by atoms with Crippen LogP contribution in [0.1, 0.15) is 16.1 Å². The number of aromatic nitrogens is 3. The first-order valence-electron chi connectivity index (χ1n) is 7.24. The molecular weight excluding hydrogens is 370 g/mol. The van der Waals surface area contributed by atoms with Gasteiger partial charge in [0.2, 0.25) is 0 Å². The van der Waals surface area contributed by atoms with Gasteiger partial charge < -0.3 is 10.6 Å². The summed E-state index contributed by atoms with van der Waals surface area (Å²) < 4.78 is 0.965. The molecule has 3 rings (SSSR count). The fourth-order valence-corrected chi connectivity index (χ4v) is 2.41. The van der Waals surface area contributed by atoms with Crippen molar-refractivity contribution in [2.45, 2.75) is 6.54 Å². The van der Waals surface area contributed by atoms with Crippen molar-refractivity contribution in [2.75, 3.05) is 5.32 Å². The highest BCUT2D eigenvalue weighted by Gasteiger charge is 2.08. The van der Waals surface area contributed by atoms with E-state index < -0.39 is 0 Å². The van der Waals surface area contributed by atoms with Crippen LogP contribution in [-0.4, -0.2) is 21.1 Å². The number of nitrogens with zero attached hydrogens (tertiary/aromatic N) is 3. The molecule has 0 bridgehead atoms. The maximum Gasteiger partial charge on any atom is 0.272 e. The molecule has 2 heterocycles. The average Bonchev–Trinajstić information content (AvgIpc) is 2.61. The average molecular weight is 384 g/mol. The van der Waals surface area contributed by atoms with Gasteiger partial charge in [0.15, 0.2) is 11.5 Å². The molecule has 0 saturated heterocycles. The lowest BCUT2D eigenvalue weighted by Crippen LogP contribution is -2.24. The van der Waals surface area contributed by atoms with Crippen molar-refractivity contribution in [3.05, 3.63) is 76.7 Å². The molecule has 7 heteroatoms. The number of pyridine rings is 1. The second-order valence-corrected chi connectivity index (χ2v) is 5.90. The zero-order valence-corrected chi connectivity index (χ0v) is 14.2. The normalized spacial score (nSPS) is 10.2. The van der Waals surface area contributed by atoms with E-state index in [1.807, 2.05) is 36.4 Å². The van der Waals surface area contributed by atoms with Crippen molar-refractivity contribution < 1.29 is 4.79 Å². The lowest BCUT2D eigenvalue weighted by molar-refractivity contribution is 0.0945. The minimum atomic E-state index is -0.277. The standard InChI is InChI=1S/C17H14BrN5O/c18-13-4-1-5-14(9-13)21-16-7-6-15(22-23-16)17(24)20-11-12-3-2-8-19-10-12/h1-10H,11H2,(H,20,24)(H,21,23). The van der Waals surface area contributed by atoms with Crippen molar-refractivity contribution in [2.24, 2.45) is 0 Å². The van der Waals surface area contributed by atoms with Gasteiger partial charge in [0.1, 0.15) is 0 Å². The van der Waals surface area contributed by atoms with Gasteiger partial charge in [-0.05, 0) is 42.0 Å². The Morgan fingerprint density at radius 1 is 1.08 bits per heavy atom. The van der Waals surface area contributed by atoms with Gasteiger partial charge >= 0.3 is 0 Å². The third-order valence-electron chi connectivity index (χ3n) is 3.17. The molecule has 0 radical (unpaired) electrons. The number of halogens is 1. The molecule has 0 saturated carbocycles. The van der Waals surface area contributed by atoms with E-state index in [0.717, 1.165) is 15.7 Å². The molecule has 0 fully saturated rings. The Hall–Kier alpha value is -2.80. The molecule has 24 heavy (non-hydrogen) atoms. The Balaban J connectivity index is 1.60. The van der Waals surface area contributed by atoms with Crippen LogP contribution in [0.25, 0.3) is 0 Å². The van der Waals surface area contributed by atoms with Crippen LogP contribution in [0, 0.1) is 0 Å². The Kier molecular flexibility index (Phi) is 5.12. The summed E-state index contributed by atoms with van der Waals surface area (Å²) in [5, 5.41) is 13.9. The highest BCUT2D eigenvalue weighted by atomic mass is 79.9. The SMILES string of the molecule is O=C(NCc1cccnc1)c1ccc(Nc2cccc(Br)c2)nn1. The van der Waals surface area contributed by atoms with Gasteiger partial charge in [-0.25, -0.2) is 0 Å². The molecule has 2 aromatic heterocycles. The molecule has 0 aliphatic heterocycles. The largest absolute Gasteiger partial charge is 0.347 e. The number of benzene rings is 1. The van der Waals surface area contributed by atoms with Crippen LogP contribution in [0.15, 0.2) is 65.4 Å². The van der Waals surface area contributed by atoms with Crippen LogP contribution in [0.3, 0.4) is 0 Å². The zero-order chi connectivity index (χ0) is 16.8. The van der Waals surface area contributed by atoms with E-state index >= 15 is 0 Å². The first-order valence-corrected chi connectivity index (χ1v) is 8.03. The summed E-state index contributed by atoms with van der Waals surface area (Å²) >= 11 is 3.41. The molecule has 0 unspecified atom stereocenters. The number of anilines is 2. The van der Waals surface area contributed by atoms with Gasteiger partial charge in [-0.1, -0.05) is 28.1 Å². The number of hydrogen-bond donors (Lipinski definition) is 2. The molecule has 1 amide bonds. The van der Waals surface area contributed by atoms with Gasteiger partial charge in [0.25, 0.3) is 5.91 Å². The second-order valence-electron chi connectivity index (χ2n) is 4.98. The van der Waals surface area contributed by atoms with Crippen molar-refractivity contribution in [1.82, 2.24) is 20.5 Å². The van der Waals surface area contributed by atoms with Crippen molar-refractivity contribution in [3.63, 3.8) is 0 Å². The lowest BCUT2D eigenvalue weighted by Gasteiger charge is -2.07. The number of carbonyl (C=O) groups is 1. The number of carbonyl (C=O) groups excluding carboxylic acids is 1. The third kappa shape index (κ3) is 4.36. The van der Waals surface area contributed by atoms with E-state index in [9.17, 15) is 4.79 Å². The lowest BCUT2D eigenvalue weighted by atomic mass is 10.3. The van der Waals surface area contributed by atoms with E-state index in [4.69, 9.17) is 0 Å². The summed E-state index contributed by atoms with van der Waals surface area (Å²) in [6.45, 7) is 0.395. The van der Waals surface area contributed by atoms with Crippen LogP contribution in [-0.2, 0) is 6.54 Å². The quantitative estimate of drug-likeness (QED) is 0.706. The minimum Gasteiger partial charge on any atom is -0.347 e. The first kappa shape index (κ1) is 16.1. The van der Waals surface area contributed by atoms with E-state index in [1.54, 1.807) is 24.5 Å². The van der Waals surface area contributed by atoms with Gasteiger partial charge in [0, 0.05) is 29.1 Å². The molecule has 2 N–H and O–H groups in total. The maximum absolute atomic E-state index is 12.1. The van der Waals surface area contributed by atoms with Gasteiger partial charge in [-0.15, -0.1) is 10.2 Å². The van der Waals surface area contributed by atoms with Gasteiger partial charge in [-0.3, -0.25) is 9.78 Å². The topological polar surface area (TPSA) is 79.8 Å². The number of nitrogens with one attached hydrogen (secondary N) is 2. The zero-order valence-electron chi connectivity index (χ0n) is 12.6. The van der Waals surface area contributed by atoms with E-state index in [1.165, 1.54) is 0 Å². The smallest absolute Gasteiger partial charge is 0.272 e. The summed E-state index contributed by atoms with van der Waals surface area (Å²) in [5.74, 6) is 0.289. The molecule has 0 aliphatic rings. The first-order chi connectivity index (χ1) is 11.7. The highest BCUT2D eigenvalue weighted by molar-refractivity contribution is 9.10. The molecule has 0 aliphatic carbocycles. The summed E-state index contributed by atoms with van der Waals surface area (Å²) in [5.41, 5.74) is 2.07. The van der Waals surface area contributed by atoms with Crippen LogP contribution < -0.4 is 10.6 Å². The summed E-state index contributed by atoms with van der Waals surface area (Å²) in [4.78, 5) is 16.1. The highest BCUT2D eigenvalue weighted by Crippen LogP contribution is 2.18. The molecular formula is C17H14BrN5O. The van der Waals surface area contributed by atoms with Crippen LogP contribution in [0.4, 0.5) is 11.5 Å². The van der Waals surface area contributed by atoms with Crippen molar-refractivity contribution in [3.8, 4) is 0 Å². The van der Waals surface area contributed by atoms with Crippen LogP contribution in [0.5, 0.6) is 0 Å². The summed E-state index contributed by atoms with van der Waals surface area (Å²) in [7, 11) is 0. The predicted octanol–water partition coefficient (Wildman–Crippen LogP) is 3.31. The molecule has 3 aromatic rings. The predicted molar refractivity (Wildman–Crippen MR) is 94.9 cm³/mol. The van der Waals surface area contributed by atoms with Crippen molar-refractivity contribution in [1.29, 1.82) is 0 Å². The van der Waals surface area contributed by atoms with Gasteiger partial charge in [-0.2, -0.15) is 0 Å². The monoisotopic (exact) mass is 383 g/mol. The molecule has 6 nitrogen and oxygen atoms in total. The molecule has 1 aromatic carbocycles. The molecule has 120 valence electrons. The Labute approximate surface area is 147 Å². The van der Waals surface area contributed by atoms with E-state index in [2.05, 4.69) is 41.7 Å².